The summed E-state index contributed by atoms with van der Waals surface area (Å²) in [6.45, 7) is 6.32. The number of carbonyl (C=O) groups is 3. The van der Waals surface area contributed by atoms with E-state index in [0.717, 1.165) is 0 Å². The highest BCUT2D eigenvalue weighted by molar-refractivity contribution is 6.10. The number of methoxy groups -OCH3 is 1. The van der Waals surface area contributed by atoms with Crippen LogP contribution in [-0.4, -0.2) is 42.4 Å². The van der Waals surface area contributed by atoms with Crippen LogP contribution in [0.25, 0.3) is 0 Å². The van der Waals surface area contributed by atoms with Crippen LogP contribution in [-0.2, 0) is 14.4 Å². The Morgan fingerprint density at radius 1 is 1.13 bits per heavy atom. The van der Waals surface area contributed by atoms with Crippen molar-refractivity contribution in [2.45, 2.75) is 46.1 Å². The third kappa shape index (κ3) is 4.35. The first-order valence-electron chi connectivity index (χ1n) is 10.5. The van der Waals surface area contributed by atoms with Crippen LogP contribution in [0, 0.1) is 17.8 Å². The molecule has 7 nitrogen and oxygen atoms in total. The molecule has 0 bridgehead atoms. The quantitative estimate of drug-likeness (QED) is 0.521. The first-order chi connectivity index (χ1) is 14.4. The number of benzene rings is 1. The Hall–Kier alpha value is -2.83. The molecule has 1 aromatic carbocycles. The van der Waals surface area contributed by atoms with E-state index in [2.05, 4.69) is 5.32 Å². The topological polar surface area (TPSA) is 84.9 Å². The fourth-order valence-electron chi connectivity index (χ4n) is 4.16. The third-order valence-corrected chi connectivity index (χ3v) is 5.58. The molecule has 1 heterocycles. The van der Waals surface area contributed by atoms with Gasteiger partial charge in [-0.2, -0.15) is 0 Å². The Morgan fingerprint density at radius 2 is 1.77 bits per heavy atom. The Bertz CT molecular complexity index is 822. The maximum absolute atomic E-state index is 13.2. The Labute approximate surface area is 177 Å². The largest absolute Gasteiger partial charge is 0.493 e. The van der Waals surface area contributed by atoms with Gasteiger partial charge in [-0.15, -0.1) is 0 Å². The number of carbonyl (C=O) groups excluding carboxylic acids is 3. The minimum atomic E-state index is -0.840. The van der Waals surface area contributed by atoms with Crippen molar-refractivity contribution in [3.8, 4) is 11.5 Å². The van der Waals surface area contributed by atoms with Crippen molar-refractivity contribution in [3.05, 3.63) is 30.4 Å². The molecule has 2 aliphatic rings. The predicted octanol–water partition coefficient (Wildman–Crippen LogP) is 3.40. The van der Waals surface area contributed by atoms with E-state index in [9.17, 15) is 14.4 Å². The number of allylic oxidation sites excluding steroid dienone is 2. The van der Waals surface area contributed by atoms with Crippen LogP contribution in [0.1, 0.15) is 40.0 Å². The van der Waals surface area contributed by atoms with Crippen LogP contribution in [0.3, 0.4) is 0 Å². The number of ether oxygens (including phenoxy) is 2. The zero-order chi connectivity index (χ0) is 21.8. The summed E-state index contributed by atoms with van der Waals surface area (Å²) >= 11 is 0. The van der Waals surface area contributed by atoms with Crippen molar-refractivity contribution < 1.29 is 23.9 Å². The zero-order valence-electron chi connectivity index (χ0n) is 18.0. The molecule has 1 fully saturated rings. The molecule has 1 aromatic rings. The maximum atomic E-state index is 13.2. The van der Waals surface area contributed by atoms with Gasteiger partial charge in [0.2, 0.25) is 17.7 Å². The molecule has 0 unspecified atom stereocenters. The minimum absolute atomic E-state index is 0.136. The number of anilines is 1. The monoisotopic (exact) mass is 414 g/mol. The SMILES string of the molecule is CCOc1ccc(NC(=O)[C@H](CC(C)C)N2C(=O)[C@@H]3CC=CC[C@H]3C2=O)cc1OC. The van der Waals surface area contributed by atoms with Gasteiger partial charge >= 0.3 is 0 Å². The summed E-state index contributed by atoms with van der Waals surface area (Å²) in [6.07, 6.45) is 5.40. The minimum Gasteiger partial charge on any atom is -0.493 e. The summed E-state index contributed by atoms with van der Waals surface area (Å²) in [4.78, 5) is 40.4. The molecule has 0 aromatic heterocycles. The van der Waals surface area contributed by atoms with Crippen LogP contribution >= 0.6 is 0 Å². The Balaban J connectivity index is 1.83. The molecule has 30 heavy (non-hydrogen) atoms. The van der Waals surface area contributed by atoms with Crippen LogP contribution < -0.4 is 14.8 Å². The van der Waals surface area contributed by atoms with Crippen molar-refractivity contribution in [1.29, 1.82) is 0 Å². The van der Waals surface area contributed by atoms with E-state index in [1.807, 2.05) is 32.9 Å². The average Bonchev–Trinajstić information content (AvgIpc) is 2.98. The van der Waals surface area contributed by atoms with Gasteiger partial charge in [0, 0.05) is 11.8 Å². The van der Waals surface area contributed by atoms with Crippen molar-refractivity contribution in [2.24, 2.45) is 17.8 Å². The van der Waals surface area contributed by atoms with Crippen LogP contribution in [0.2, 0.25) is 0 Å². The normalized spacial score (nSPS) is 21.6. The number of hydrogen-bond donors (Lipinski definition) is 1. The second-order valence-electron chi connectivity index (χ2n) is 8.14. The summed E-state index contributed by atoms with van der Waals surface area (Å²) in [5.74, 6) is -0.330. The van der Waals surface area contributed by atoms with E-state index >= 15 is 0 Å². The number of likely N-dealkylation sites (tertiary alicyclic amines) is 1. The lowest BCUT2D eigenvalue weighted by Gasteiger charge is -2.27. The second-order valence-corrected chi connectivity index (χ2v) is 8.14. The fourth-order valence-corrected chi connectivity index (χ4v) is 4.16. The highest BCUT2D eigenvalue weighted by Crippen LogP contribution is 2.37. The molecule has 1 aliphatic heterocycles. The van der Waals surface area contributed by atoms with Gasteiger partial charge < -0.3 is 14.8 Å². The molecule has 1 N–H and O–H groups in total. The first kappa shape index (κ1) is 21.9. The summed E-state index contributed by atoms with van der Waals surface area (Å²) in [5, 5.41) is 2.85. The number of nitrogens with zero attached hydrogens (tertiary/aromatic N) is 1. The van der Waals surface area contributed by atoms with E-state index in [0.29, 0.717) is 43.1 Å². The highest BCUT2D eigenvalue weighted by Gasteiger charge is 2.51. The molecule has 3 amide bonds. The number of hydrogen-bond acceptors (Lipinski definition) is 5. The molecule has 1 saturated heterocycles. The lowest BCUT2D eigenvalue weighted by Crippen LogP contribution is -2.48. The second kappa shape index (κ2) is 9.32. The highest BCUT2D eigenvalue weighted by atomic mass is 16.5. The van der Waals surface area contributed by atoms with Crippen molar-refractivity contribution >= 4 is 23.4 Å². The number of amides is 3. The molecule has 162 valence electrons. The zero-order valence-corrected chi connectivity index (χ0v) is 18.0. The molecular formula is C23H30N2O5. The van der Waals surface area contributed by atoms with E-state index < -0.39 is 6.04 Å². The van der Waals surface area contributed by atoms with Crippen molar-refractivity contribution in [2.75, 3.05) is 19.0 Å². The Kier molecular flexibility index (Phi) is 6.80. The van der Waals surface area contributed by atoms with E-state index in [-0.39, 0.29) is 35.5 Å². The predicted molar refractivity (Wildman–Crippen MR) is 113 cm³/mol. The summed E-state index contributed by atoms with van der Waals surface area (Å²) in [6, 6.07) is 4.28. The smallest absolute Gasteiger partial charge is 0.247 e. The van der Waals surface area contributed by atoms with Gasteiger partial charge in [-0.1, -0.05) is 26.0 Å². The number of nitrogens with one attached hydrogen (secondary N) is 1. The Morgan fingerprint density at radius 3 is 2.30 bits per heavy atom. The number of imide groups is 1. The van der Waals surface area contributed by atoms with Crippen molar-refractivity contribution in [3.63, 3.8) is 0 Å². The molecular weight excluding hydrogens is 384 g/mol. The molecule has 0 radical (unpaired) electrons. The van der Waals surface area contributed by atoms with Gasteiger partial charge in [0.05, 0.1) is 25.6 Å². The molecule has 3 rings (SSSR count). The number of fused-ring (bicyclic) bond motifs is 1. The summed E-state index contributed by atoms with van der Waals surface area (Å²) in [7, 11) is 1.53. The van der Waals surface area contributed by atoms with E-state index in [4.69, 9.17) is 9.47 Å². The first-order valence-corrected chi connectivity index (χ1v) is 10.5. The molecule has 7 heteroatoms. The molecule has 0 saturated carbocycles. The van der Waals surface area contributed by atoms with Crippen LogP contribution in [0.15, 0.2) is 30.4 Å². The van der Waals surface area contributed by atoms with Crippen LogP contribution in [0.4, 0.5) is 5.69 Å². The van der Waals surface area contributed by atoms with E-state index in [1.54, 1.807) is 18.2 Å². The van der Waals surface area contributed by atoms with Gasteiger partial charge in [-0.05, 0) is 44.2 Å². The van der Waals surface area contributed by atoms with Gasteiger partial charge in [0.15, 0.2) is 11.5 Å². The van der Waals surface area contributed by atoms with Gasteiger partial charge in [-0.25, -0.2) is 0 Å². The molecule has 1 aliphatic carbocycles. The molecule has 3 atom stereocenters. The van der Waals surface area contributed by atoms with Gasteiger partial charge in [0.1, 0.15) is 6.04 Å². The standard InChI is InChI=1S/C23H30N2O5/c1-5-30-19-11-10-15(13-20(19)29-4)24-21(26)18(12-14(2)3)25-22(27)16-8-6-7-9-17(16)23(25)28/h6-7,10-11,13-14,16-18H,5,8-9,12H2,1-4H3,(H,24,26)/t16-,17-,18+/m1/s1. The number of rotatable bonds is 8. The van der Waals surface area contributed by atoms with Gasteiger partial charge in [-0.3, -0.25) is 19.3 Å². The van der Waals surface area contributed by atoms with Gasteiger partial charge in [0.25, 0.3) is 0 Å². The average molecular weight is 415 g/mol. The lowest BCUT2D eigenvalue weighted by atomic mass is 9.85. The molecule has 0 spiro atoms. The fraction of sp³-hybridized carbons (Fsp3) is 0.522. The third-order valence-electron chi connectivity index (χ3n) is 5.58. The summed E-state index contributed by atoms with van der Waals surface area (Å²) < 4.78 is 10.9. The lowest BCUT2D eigenvalue weighted by molar-refractivity contribution is -0.147. The van der Waals surface area contributed by atoms with Crippen LogP contribution in [0.5, 0.6) is 11.5 Å². The summed E-state index contributed by atoms with van der Waals surface area (Å²) in [5.41, 5.74) is 0.521. The maximum Gasteiger partial charge on any atom is 0.247 e. The van der Waals surface area contributed by atoms with Crippen molar-refractivity contribution in [1.82, 2.24) is 4.90 Å². The van der Waals surface area contributed by atoms with E-state index in [1.165, 1.54) is 12.0 Å².